The van der Waals surface area contributed by atoms with Gasteiger partial charge >= 0.3 is 0 Å². The molecule has 104 valence electrons. The summed E-state index contributed by atoms with van der Waals surface area (Å²) in [5, 5.41) is 0. The standard InChI is InChI=1S/C19H18N2/c20-17-9-7-8-16(14-17)15-21(18-10-3-1-4-11-18)19-12-5-2-6-13-19/h1-14H,15,20H2. The Morgan fingerprint density at radius 2 is 1.24 bits per heavy atom. The second-order valence-corrected chi connectivity index (χ2v) is 5.00. The number of nitrogens with two attached hydrogens (primary N) is 1. The molecule has 0 aliphatic heterocycles. The minimum atomic E-state index is 0.791. The summed E-state index contributed by atoms with van der Waals surface area (Å²) in [5.74, 6) is 0. The van der Waals surface area contributed by atoms with E-state index in [1.165, 1.54) is 16.9 Å². The lowest BCUT2D eigenvalue weighted by Crippen LogP contribution is -2.16. The molecule has 0 saturated heterocycles. The number of nitrogen functional groups attached to an aromatic ring is 1. The molecule has 2 nitrogen and oxygen atoms in total. The molecule has 3 aromatic rings. The van der Waals surface area contributed by atoms with Crippen LogP contribution >= 0.6 is 0 Å². The van der Waals surface area contributed by atoms with E-state index >= 15 is 0 Å². The molecule has 0 radical (unpaired) electrons. The van der Waals surface area contributed by atoms with Crippen LogP contribution in [0.25, 0.3) is 0 Å². The van der Waals surface area contributed by atoms with Crippen molar-refractivity contribution in [1.29, 1.82) is 0 Å². The molecule has 0 atom stereocenters. The van der Waals surface area contributed by atoms with E-state index in [2.05, 4.69) is 59.5 Å². The predicted octanol–water partition coefficient (Wildman–Crippen LogP) is 4.61. The number of anilines is 3. The second kappa shape index (κ2) is 6.14. The van der Waals surface area contributed by atoms with Crippen molar-refractivity contribution >= 4 is 17.1 Å². The molecule has 0 unspecified atom stereocenters. The van der Waals surface area contributed by atoms with Gasteiger partial charge in [0.05, 0.1) is 0 Å². The van der Waals surface area contributed by atoms with Crippen LogP contribution in [0.1, 0.15) is 5.56 Å². The van der Waals surface area contributed by atoms with Crippen LogP contribution in [-0.2, 0) is 6.54 Å². The molecule has 0 saturated carbocycles. The van der Waals surface area contributed by atoms with Crippen molar-refractivity contribution < 1.29 is 0 Å². The van der Waals surface area contributed by atoms with E-state index in [0.29, 0.717) is 0 Å². The number of rotatable bonds is 4. The molecule has 3 rings (SSSR count). The van der Waals surface area contributed by atoms with E-state index in [1.54, 1.807) is 0 Å². The third kappa shape index (κ3) is 3.23. The van der Waals surface area contributed by atoms with Crippen molar-refractivity contribution in [2.75, 3.05) is 10.6 Å². The zero-order chi connectivity index (χ0) is 14.5. The van der Waals surface area contributed by atoms with E-state index in [-0.39, 0.29) is 0 Å². The van der Waals surface area contributed by atoms with Gasteiger partial charge in [0.15, 0.2) is 0 Å². The topological polar surface area (TPSA) is 29.3 Å². The van der Waals surface area contributed by atoms with Crippen LogP contribution in [0.5, 0.6) is 0 Å². The van der Waals surface area contributed by atoms with E-state index in [1.807, 2.05) is 30.3 Å². The summed E-state index contributed by atoms with van der Waals surface area (Å²) in [4.78, 5) is 2.29. The van der Waals surface area contributed by atoms with E-state index in [0.717, 1.165) is 12.2 Å². The van der Waals surface area contributed by atoms with Crippen LogP contribution in [-0.4, -0.2) is 0 Å². The normalized spacial score (nSPS) is 10.3. The van der Waals surface area contributed by atoms with Crippen LogP contribution < -0.4 is 10.6 Å². The van der Waals surface area contributed by atoms with Gasteiger partial charge in [0.2, 0.25) is 0 Å². The van der Waals surface area contributed by atoms with Gasteiger partial charge in [-0.15, -0.1) is 0 Å². The van der Waals surface area contributed by atoms with Crippen molar-refractivity contribution in [3.63, 3.8) is 0 Å². The second-order valence-electron chi connectivity index (χ2n) is 5.00. The van der Waals surface area contributed by atoms with Crippen LogP contribution in [0.4, 0.5) is 17.1 Å². The fourth-order valence-corrected chi connectivity index (χ4v) is 2.42. The van der Waals surface area contributed by atoms with Crippen molar-refractivity contribution in [2.45, 2.75) is 6.54 Å². The summed E-state index contributed by atoms with van der Waals surface area (Å²) in [6.07, 6.45) is 0. The fourth-order valence-electron chi connectivity index (χ4n) is 2.42. The molecule has 0 fully saturated rings. The summed E-state index contributed by atoms with van der Waals surface area (Å²) in [6, 6.07) is 28.9. The molecule has 0 aromatic heterocycles. The summed E-state index contributed by atoms with van der Waals surface area (Å²) in [7, 11) is 0. The lowest BCUT2D eigenvalue weighted by atomic mass is 10.1. The first-order chi connectivity index (χ1) is 10.3. The molecular formula is C19H18N2. The first-order valence-electron chi connectivity index (χ1n) is 7.05. The Kier molecular flexibility index (Phi) is 3.88. The molecule has 0 amide bonds. The highest BCUT2D eigenvalue weighted by Gasteiger charge is 2.09. The maximum atomic E-state index is 5.89. The Bertz CT molecular complexity index is 654. The van der Waals surface area contributed by atoms with Crippen LogP contribution in [0.15, 0.2) is 84.9 Å². The minimum absolute atomic E-state index is 0.791. The zero-order valence-electron chi connectivity index (χ0n) is 11.8. The van der Waals surface area contributed by atoms with Crippen molar-refractivity contribution in [2.24, 2.45) is 0 Å². The molecule has 2 N–H and O–H groups in total. The van der Waals surface area contributed by atoms with Gasteiger partial charge in [-0.25, -0.2) is 0 Å². The Balaban J connectivity index is 1.97. The molecular weight excluding hydrogens is 256 g/mol. The summed E-state index contributed by atoms with van der Waals surface area (Å²) in [5.41, 5.74) is 10.2. The van der Waals surface area contributed by atoms with Crippen molar-refractivity contribution in [1.82, 2.24) is 0 Å². The number of nitrogens with zero attached hydrogens (tertiary/aromatic N) is 1. The molecule has 21 heavy (non-hydrogen) atoms. The SMILES string of the molecule is Nc1cccc(CN(c2ccccc2)c2ccccc2)c1. The zero-order valence-corrected chi connectivity index (χ0v) is 11.8. The molecule has 0 spiro atoms. The first kappa shape index (κ1) is 13.3. The Morgan fingerprint density at radius 1 is 0.667 bits per heavy atom. The minimum Gasteiger partial charge on any atom is -0.399 e. The third-order valence-electron chi connectivity index (χ3n) is 3.43. The quantitative estimate of drug-likeness (QED) is 0.704. The highest BCUT2D eigenvalue weighted by atomic mass is 15.1. The number of hydrogen-bond acceptors (Lipinski definition) is 2. The van der Waals surface area contributed by atoms with Crippen LogP contribution in [0.2, 0.25) is 0 Å². The van der Waals surface area contributed by atoms with Gasteiger partial charge in [-0.1, -0.05) is 48.5 Å². The Hall–Kier alpha value is -2.74. The maximum absolute atomic E-state index is 5.89. The lowest BCUT2D eigenvalue weighted by molar-refractivity contribution is 0.976. The average molecular weight is 274 g/mol. The Morgan fingerprint density at radius 3 is 1.76 bits per heavy atom. The van der Waals surface area contributed by atoms with Gasteiger partial charge in [-0.2, -0.15) is 0 Å². The smallest absolute Gasteiger partial charge is 0.0482 e. The van der Waals surface area contributed by atoms with Gasteiger partial charge < -0.3 is 10.6 Å². The number of benzene rings is 3. The molecule has 0 bridgehead atoms. The highest BCUT2D eigenvalue weighted by Crippen LogP contribution is 2.27. The molecule has 2 heteroatoms. The van der Waals surface area contributed by atoms with E-state index < -0.39 is 0 Å². The molecule has 0 heterocycles. The van der Waals surface area contributed by atoms with Crippen molar-refractivity contribution in [3.05, 3.63) is 90.5 Å². The predicted molar refractivity (Wildman–Crippen MR) is 89.6 cm³/mol. The number of hydrogen-bond donors (Lipinski definition) is 1. The highest BCUT2D eigenvalue weighted by molar-refractivity contribution is 5.63. The van der Waals surface area contributed by atoms with Crippen molar-refractivity contribution in [3.8, 4) is 0 Å². The summed E-state index contributed by atoms with van der Waals surface area (Å²) in [6.45, 7) is 0.791. The van der Waals surface area contributed by atoms with Crippen LogP contribution in [0, 0.1) is 0 Å². The van der Waals surface area contributed by atoms with Gasteiger partial charge in [-0.05, 0) is 42.0 Å². The fraction of sp³-hybridized carbons (Fsp3) is 0.0526. The van der Waals surface area contributed by atoms with Gasteiger partial charge in [0.1, 0.15) is 0 Å². The van der Waals surface area contributed by atoms with Crippen LogP contribution in [0.3, 0.4) is 0 Å². The lowest BCUT2D eigenvalue weighted by Gasteiger charge is -2.25. The molecule has 0 aliphatic rings. The number of para-hydroxylation sites is 2. The van der Waals surface area contributed by atoms with Gasteiger partial charge in [0.25, 0.3) is 0 Å². The van der Waals surface area contributed by atoms with E-state index in [4.69, 9.17) is 5.73 Å². The van der Waals surface area contributed by atoms with E-state index in [9.17, 15) is 0 Å². The summed E-state index contributed by atoms with van der Waals surface area (Å²) < 4.78 is 0. The van der Waals surface area contributed by atoms with Gasteiger partial charge in [0, 0.05) is 23.6 Å². The molecule has 3 aromatic carbocycles. The summed E-state index contributed by atoms with van der Waals surface area (Å²) >= 11 is 0. The largest absolute Gasteiger partial charge is 0.399 e. The maximum Gasteiger partial charge on any atom is 0.0482 e. The Labute approximate surface area is 125 Å². The third-order valence-corrected chi connectivity index (χ3v) is 3.43. The molecule has 0 aliphatic carbocycles. The monoisotopic (exact) mass is 274 g/mol. The first-order valence-corrected chi connectivity index (χ1v) is 7.05. The average Bonchev–Trinajstić information content (AvgIpc) is 2.54. The van der Waals surface area contributed by atoms with Gasteiger partial charge in [-0.3, -0.25) is 0 Å².